The van der Waals surface area contributed by atoms with E-state index in [0.717, 1.165) is 10.9 Å². The Kier molecular flexibility index (Phi) is 5.18. The Morgan fingerprint density at radius 3 is 2.70 bits per heavy atom. The van der Waals surface area contributed by atoms with Gasteiger partial charge < -0.3 is 14.8 Å². The molecule has 0 bridgehead atoms. The summed E-state index contributed by atoms with van der Waals surface area (Å²) in [4.78, 5) is 12.1. The average molecular weight is 342 g/mol. The molecule has 1 aromatic carbocycles. The fourth-order valence-electron chi connectivity index (χ4n) is 2.39. The standard InChI is InChI=1S/C15H20BrNO3/c1-11(9-15(2)19-7-8-20-15)10-17-14(18)12-5-3-4-6-13(12)16/h3-6,11H,7-10H2,1-2H3,(H,17,18)/t11-/m1/s1. The van der Waals surface area contributed by atoms with Gasteiger partial charge in [-0.05, 0) is 40.9 Å². The summed E-state index contributed by atoms with van der Waals surface area (Å²) in [5, 5.41) is 2.95. The third-order valence-corrected chi connectivity index (χ3v) is 4.04. The molecule has 0 radical (unpaired) electrons. The Morgan fingerprint density at radius 2 is 2.05 bits per heavy atom. The van der Waals surface area contributed by atoms with Crippen LogP contribution in [0.2, 0.25) is 0 Å². The largest absolute Gasteiger partial charge is 0.352 e. The van der Waals surface area contributed by atoms with E-state index in [1.54, 1.807) is 6.07 Å². The molecule has 1 aromatic rings. The summed E-state index contributed by atoms with van der Waals surface area (Å²) < 4.78 is 12.0. The Labute approximate surface area is 128 Å². The summed E-state index contributed by atoms with van der Waals surface area (Å²) in [5.74, 6) is -0.287. The molecule has 5 heteroatoms. The molecule has 1 saturated heterocycles. The van der Waals surface area contributed by atoms with Crippen molar-refractivity contribution in [1.82, 2.24) is 5.32 Å². The predicted octanol–water partition coefficient (Wildman–Crippen LogP) is 2.97. The van der Waals surface area contributed by atoms with E-state index < -0.39 is 5.79 Å². The van der Waals surface area contributed by atoms with Gasteiger partial charge in [0.2, 0.25) is 0 Å². The molecule has 0 unspecified atom stereocenters. The van der Waals surface area contributed by atoms with Crippen LogP contribution in [0.3, 0.4) is 0 Å². The normalized spacial score (nSPS) is 18.8. The average Bonchev–Trinajstić information content (AvgIpc) is 2.83. The lowest BCUT2D eigenvalue weighted by molar-refractivity contribution is -0.153. The third-order valence-electron chi connectivity index (χ3n) is 3.35. The van der Waals surface area contributed by atoms with Gasteiger partial charge in [0.25, 0.3) is 5.91 Å². The number of benzene rings is 1. The Balaban J connectivity index is 1.83. The molecule has 1 amide bonds. The molecule has 1 atom stereocenters. The van der Waals surface area contributed by atoms with Gasteiger partial charge in [-0.3, -0.25) is 4.79 Å². The van der Waals surface area contributed by atoms with Crippen LogP contribution in [0, 0.1) is 5.92 Å². The number of hydrogen-bond acceptors (Lipinski definition) is 3. The zero-order valence-electron chi connectivity index (χ0n) is 11.8. The number of amides is 1. The van der Waals surface area contributed by atoms with E-state index in [1.807, 2.05) is 25.1 Å². The van der Waals surface area contributed by atoms with Crippen molar-refractivity contribution in [2.24, 2.45) is 5.92 Å². The van der Waals surface area contributed by atoms with Crippen LogP contribution in [0.25, 0.3) is 0 Å². The van der Waals surface area contributed by atoms with Gasteiger partial charge in [0.05, 0.1) is 18.8 Å². The number of rotatable bonds is 5. The van der Waals surface area contributed by atoms with Gasteiger partial charge in [0.1, 0.15) is 0 Å². The molecule has 110 valence electrons. The molecule has 0 spiro atoms. The molecule has 0 aromatic heterocycles. The summed E-state index contributed by atoms with van der Waals surface area (Å²) in [6.07, 6.45) is 0.767. The van der Waals surface area contributed by atoms with Gasteiger partial charge in [-0.2, -0.15) is 0 Å². The van der Waals surface area contributed by atoms with Gasteiger partial charge in [-0.25, -0.2) is 0 Å². The van der Waals surface area contributed by atoms with Crippen molar-refractivity contribution < 1.29 is 14.3 Å². The quantitative estimate of drug-likeness (QED) is 0.895. The SMILES string of the molecule is C[C@@H](CNC(=O)c1ccccc1Br)CC1(C)OCCO1. The van der Waals surface area contributed by atoms with Gasteiger partial charge in [0, 0.05) is 17.4 Å². The smallest absolute Gasteiger partial charge is 0.252 e. The zero-order valence-corrected chi connectivity index (χ0v) is 13.4. The van der Waals surface area contributed by atoms with Crippen LogP contribution in [0.4, 0.5) is 0 Å². The van der Waals surface area contributed by atoms with Crippen LogP contribution in [-0.4, -0.2) is 31.5 Å². The van der Waals surface area contributed by atoms with Gasteiger partial charge in [0.15, 0.2) is 5.79 Å². The van der Waals surface area contributed by atoms with Crippen molar-refractivity contribution in [3.05, 3.63) is 34.3 Å². The minimum Gasteiger partial charge on any atom is -0.352 e. The summed E-state index contributed by atoms with van der Waals surface area (Å²) in [5.41, 5.74) is 0.652. The van der Waals surface area contributed by atoms with Crippen molar-refractivity contribution >= 4 is 21.8 Å². The highest BCUT2D eigenvalue weighted by molar-refractivity contribution is 9.10. The summed E-state index contributed by atoms with van der Waals surface area (Å²) in [6, 6.07) is 7.40. The molecular formula is C15H20BrNO3. The maximum atomic E-state index is 12.1. The van der Waals surface area contributed by atoms with Crippen LogP contribution < -0.4 is 5.32 Å². The van der Waals surface area contributed by atoms with Crippen LogP contribution in [0.5, 0.6) is 0 Å². The first-order valence-corrected chi connectivity index (χ1v) is 7.60. The number of carbonyl (C=O) groups is 1. The van der Waals surface area contributed by atoms with Crippen molar-refractivity contribution in [1.29, 1.82) is 0 Å². The highest BCUT2D eigenvalue weighted by Gasteiger charge is 2.32. The molecule has 0 aliphatic carbocycles. The van der Waals surface area contributed by atoms with E-state index in [9.17, 15) is 4.79 Å². The molecule has 1 aliphatic heterocycles. The number of halogens is 1. The van der Waals surface area contributed by atoms with Crippen molar-refractivity contribution in [2.45, 2.75) is 26.1 Å². The van der Waals surface area contributed by atoms with E-state index in [0.29, 0.717) is 25.3 Å². The number of hydrogen-bond donors (Lipinski definition) is 1. The minimum absolute atomic E-state index is 0.0669. The van der Waals surface area contributed by atoms with Crippen LogP contribution in [0.1, 0.15) is 30.6 Å². The molecular weight excluding hydrogens is 322 g/mol. The molecule has 1 N–H and O–H groups in total. The molecule has 2 rings (SSSR count). The Bertz CT molecular complexity index is 472. The molecule has 20 heavy (non-hydrogen) atoms. The van der Waals surface area contributed by atoms with Crippen molar-refractivity contribution in [3.63, 3.8) is 0 Å². The molecule has 1 fully saturated rings. The number of ether oxygens (including phenoxy) is 2. The lowest BCUT2D eigenvalue weighted by Crippen LogP contribution is -2.34. The maximum Gasteiger partial charge on any atom is 0.252 e. The van der Waals surface area contributed by atoms with Crippen LogP contribution in [0.15, 0.2) is 28.7 Å². The van der Waals surface area contributed by atoms with E-state index in [4.69, 9.17) is 9.47 Å². The predicted molar refractivity (Wildman–Crippen MR) is 80.6 cm³/mol. The number of nitrogens with one attached hydrogen (secondary N) is 1. The van der Waals surface area contributed by atoms with Gasteiger partial charge in [-0.15, -0.1) is 0 Å². The van der Waals surface area contributed by atoms with Gasteiger partial charge >= 0.3 is 0 Å². The Hall–Kier alpha value is -0.910. The first-order valence-electron chi connectivity index (χ1n) is 6.81. The topological polar surface area (TPSA) is 47.6 Å². The van der Waals surface area contributed by atoms with Crippen LogP contribution >= 0.6 is 15.9 Å². The maximum absolute atomic E-state index is 12.1. The summed E-state index contributed by atoms with van der Waals surface area (Å²) in [6.45, 7) is 5.92. The second kappa shape index (κ2) is 6.70. The molecule has 1 aliphatic rings. The highest BCUT2D eigenvalue weighted by atomic mass is 79.9. The van der Waals surface area contributed by atoms with Crippen molar-refractivity contribution in [3.8, 4) is 0 Å². The second-order valence-corrected chi connectivity index (χ2v) is 6.18. The number of carbonyl (C=O) groups excluding carboxylic acids is 1. The van der Waals surface area contributed by atoms with Crippen LogP contribution in [-0.2, 0) is 9.47 Å². The second-order valence-electron chi connectivity index (χ2n) is 5.33. The molecule has 4 nitrogen and oxygen atoms in total. The monoisotopic (exact) mass is 341 g/mol. The minimum atomic E-state index is -0.503. The van der Waals surface area contributed by atoms with E-state index in [2.05, 4.69) is 28.2 Å². The zero-order chi connectivity index (χ0) is 14.6. The highest BCUT2D eigenvalue weighted by Crippen LogP contribution is 2.26. The fraction of sp³-hybridized carbons (Fsp3) is 0.533. The van der Waals surface area contributed by atoms with E-state index >= 15 is 0 Å². The van der Waals surface area contributed by atoms with Gasteiger partial charge in [-0.1, -0.05) is 19.1 Å². The lowest BCUT2D eigenvalue weighted by Gasteiger charge is -2.26. The van der Waals surface area contributed by atoms with E-state index in [1.165, 1.54) is 0 Å². The van der Waals surface area contributed by atoms with Crippen molar-refractivity contribution in [2.75, 3.05) is 19.8 Å². The Morgan fingerprint density at radius 1 is 1.40 bits per heavy atom. The van der Waals surface area contributed by atoms with E-state index in [-0.39, 0.29) is 11.8 Å². The first kappa shape index (κ1) is 15.5. The first-order chi connectivity index (χ1) is 9.50. The summed E-state index contributed by atoms with van der Waals surface area (Å²) in [7, 11) is 0. The fourth-order valence-corrected chi connectivity index (χ4v) is 2.85. The molecule has 1 heterocycles. The third kappa shape index (κ3) is 4.04. The lowest BCUT2D eigenvalue weighted by atomic mass is 10.0. The molecule has 0 saturated carbocycles. The summed E-state index contributed by atoms with van der Waals surface area (Å²) >= 11 is 3.38.